The van der Waals surface area contributed by atoms with E-state index < -0.39 is 0 Å². The van der Waals surface area contributed by atoms with Crippen LogP contribution < -0.4 is 0 Å². The van der Waals surface area contributed by atoms with Gasteiger partial charge in [0.15, 0.2) is 0 Å². The molecule has 0 spiro atoms. The number of rotatable bonds is 2. The lowest BCUT2D eigenvalue weighted by molar-refractivity contribution is 0.140. The Hall–Kier alpha value is -0.240. The minimum Gasteiger partial charge on any atom is -0.377 e. The molecule has 0 saturated carbocycles. The van der Waals surface area contributed by atoms with Crippen LogP contribution in [0.15, 0.2) is 18.2 Å². The van der Waals surface area contributed by atoms with E-state index in [0.717, 1.165) is 5.56 Å². The third kappa shape index (κ3) is 1.92. The summed E-state index contributed by atoms with van der Waals surface area (Å²) in [4.78, 5) is 0. The largest absolute Gasteiger partial charge is 0.377 e. The van der Waals surface area contributed by atoms with Crippen molar-refractivity contribution in [1.82, 2.24) is 0 Å². The van der Waals surface area contributed by atoms with E-state index in [1.54, 1.807) is 13.2 Å². The van der Waals surface area contributed by atoms with Gasteiger partial charge in [-0.2, -0.15) is 0 Å². The average Bonchev–Trinajstić information content (AvgIpc) is 2.08. The molecule has 3 heteroatoms. The molecule has 1 aromatic rings. The Morgan fingerprint density at radius 2 is 2.08 bits per heavy atom. The summed E-state index contributed by atoms with van der Waals surface area (Å²) in [6.07, 6.45) is -0.267. The summed E-state index contributed by atoms with van der Waals surface area (Å²) in [5, 5.41) is 1.04. The molecular formula is C9H9Cl2O. The predicted octanol–water partition coefficient (Wildman–Crippen LogP) is 3.51. The van der Waals surface area contributed by atoms with Crippen molar-refractivity contribution >= 4 is 23.2 Å². The molecule has 0 heterocycles. The summed E-state index contributed by atoms with van der Waals surface area (Å²) in [7, 11) is 1.58. The molecule has 1 nitrogen and oxygen atoms in total. The van der Waals surface area contributed by atoms with E-state index in [1.165, 1.54) is 0 Å². The molecule has 12 heavy (non-hydrogen) atoms. The minimum absolute atomic E-state index is 0.267. The van der Waals surface area contributed by atoms with Crippen LogP contribution in [0, 0.1) is 6.92 Å². The molecule has 1 radical (unpaired) electrons. The molecule has 0 aliphatic heterocycles. The second-order valence-corrected chi connectivity index (χ2v) is 3.15. The number of halogens is 2. The molecule has 0 N–H and O–H groups in total. The molecule has 0 fully saturated rings. The van der Waals surface area contributed by atoms with E-state index in [1.807, 2.05) is 12.1 Å². The minimum atomic E-state index is -0.267. The average molecular weight is 204 g/mol. The van der Waals surface area contributed by atoms with Gasteiger partial charge >= 0.3 is 0 Å². The Balaban J connectivity index is 3.07. The van der Waals surface area contributed by atoms with Crippen molar-refractivity contribution in [3.8, 4) is 0 Å². The van der Waals surface area contributed by atoms with Crippen molar-refractivity contribution in [2.45, 2.75) is 6.10 Å². The second-order valence-electron chi connectivity index (χ2n) is 2.37. The van der Waals surface area contributed by atoms with Crippen LogP contribution in [0.25, 0.3) is 0 Å². The smallest absolute Gasteiger partial charge is 0.0837 e. The van der Waals surface area contributed by atoms with Crippen LogP contribution in [-0.2, 0) is 4.74 Å². The molecular weight excluding hydrogens is 195 g/mol. The van der Waals surface area contributed by atoms with Crippen LogP contribution in [0.3, 0.4) is 0 Å². The van der Waals surface area contributed by atoms with Crippen molar-refractivity contribution in [2.24, 2.45) is 0 Å². The standard InChI is InChI=1S/C9H9Cl2O/c1-6(12-2)7-4-3-5-8(10)9(7)11/h3-6H,1H2,2H3. The van der Waals surface area contributed by atoms with Gasteiger partial charge < -0.3 is 4.74 Å². The Morgan fingerprint density at radius 1 is 1.42 bits per heavy atom. The highest BCUT2D eigenvalue weighted by Crippen LogP contribution is 2.30. The Labute approximate surface area is 82.2 Å². The van der Waals surface area contributed by atoms with Gasteiger partial charge in [0.2, 0.25) is 0 Å². The van der Waals surface area contributed by atoms with Crippen molar-refractivity contribution in [3.05, 3.63) is 40.7 Å². The zero-order valence-corrected chi connectivity index (χ0v) is 8.19. The molecule has 1 aromatic carbocycles. The summed E-state index contributed by atoms with van der Waals surface area (Å²) in [6, 6.07) is 5.39. The molecule has 1 atom stereocenters. The van der Waals surface area contributed by atoms with Crippen LogP contribution in [-0.4, -0.2) is 7.11 Å². The molecule has 0 amide bonds. The van der Waals surface area contributed by atoms with E-state index in [9.17, 15) is 0 Å². The molecule has 0 saturated heterocycles. The van der Waals surface area contributed by atoms with E-state index in [4.69, 9.17) is 27.9 Å². The van der Waals surface area contributed by atoms with Gasteiger partial charge in [-0.15, -0.1) is 0 Å². The topological polar surface area (TPSA) is 9.23 Å². The normalized spacial score (nSPS) is 13.0. The molecule has 0 aliphatic carbocycles. The zero-order chi connectivity index (χ0) is 9.14. The van der Waals surface area contributed by atoms with Gasteiger partial charge in [-0.25, -0.2) is 0 Å². The highest BCUT2D eigenvalue weighted by Gasteiger charge is 2.10. The summed E-state index contributed by atoms with van der Waals surface area (Å²) in [5.41, 5.74) is 0.812. The van der Waals surface area contributed by atoms with E-state index in [0.29, 0.717) is 10.0 Å². The number of methoxy groups -OCH3 is 1. The van der Waals surface area contributed by atoms with Crippen LogP contribution in [0.2, 0.25) is 10.0 Å². The molecule has 65 valence electrons. The third-order valence-electron chi connectivity index (χ3n) is 1.61. The molecule has 0 aliphatic rings. The third-order valence-corrected chi connectivity index (χ3v) is 2.45. The molecule has 0 bridgehead atoms. The monoisotopic (exact) mass is 203 g/mol. The van der Waals surface area contributed by atoms with Crippen molar-refractivity contribution in [2.75, 3.05) is 7.11 Å². The van der Waals surface area contributed by atoms with Crippen LogP contribution >= 0.6 is 23.2 Å². The van der Waals surface area contributed by atoms with Gasteiger partial charge in [-0.3, -0.25) is 0 Å². The quantitative estimate of drug-likeness (QED) is 0.716. The number of hydrogen-bond acceptors (Lipinski definition) is 1. The summed E-state index contributed by atoms with van der Waals surface area (Å²) < 4.78 is 5.02. The molecule has 1 unspecified atom stereocenters. The van der Waals surface area contributed by atoms with Crippen molar-refractivity contribution in [3.63, 3.8) is 0 Å². The van der Waals surface area contributed by atoms with Gasteiger partial charge in [-0.05, 0) is 13.0 Å². The fourth-order valence-electron chi connectivity index (χ4n) is 0.896. The van der Waals surface area contributed by atoms with Gasteiger partial charge in [0.25, 0.3) is 0 Å². The first-order valence-electron chi connectivity index (χ1n) is 3.46. The fourth-order valence-corrected chi connectivity index (χ4v) is 1.33. The Morgan fingerprint density at radius 3 is 2.67 bits per heavy atom. The maximum absolute atomic E-state index is 5.91. The second kappa shape index (κ2) is 4.13. The maximum Gasteiger partial charge on any atom is 0.0837 e. The van der Waals surface area contributed by atoms with Crippen LogP contribution in [0.5, 0.6) is 0 Å². The van der Waals surface area contributed by atoms with Crippen molar-refractivity contribution < 1.29 is 4.74 Å². The first kappa shape index (κ1) is 9.85. The lowest BCUT2D eigenvalue weighted by Gasteiger charge is -2.11. The summed E-state index contributed by atoms with van der Waals surface area (Å²) in [5.74, 6) is 0. The number of ether oxygens (including phenoxy) is 1. The lowest BCUT2D eigenvalue weighted by Crippen LogP contribution is -1.96. The van der Waals surface area contributed by atoms with Gasteiger partial charge in [-0.1, -0.05) is 35.3 Å². The molecule has 1 rings (SSSR count). The van der Waals surface area contributed by atoms with E-state index in [-0.39, 0.29) is 6.10 Å². The van der Waals surface area contributed by atoms with E-state index >= 15 is 0 Å². The Kier molecular flexibility index (Phi) is 3.39. The first-order valence-corrected chi connectivity index (χ1v) is 4.22. The van der Waals surface area contributed by atoms with Gasteiger partial charge in [0.1, 0.15) is 0 Å². The highest BCUT2D eigenvalue weighted by molar-refractivity contribution is 6.42. The van der Waals surface area contributed by atoms with Gasteiger partial charge in [0.05, 0.1) is 16.1 Å². The highest BCUT2D eigenvalue weighted by atomic mass is 35.5. The summed E-state index contributed by atoms with van der Waals surface area (Å²) >= 11 is 11.7. The SMILES string of the molecule is [CH2]C(OC)c1cccc(Cl)c1Cl. The molecule has 0 aromatic heterocycles. The first-order chi connectivity index (χ1) is 5.66. The van der Waals surface area contributed by atoms with Gasteiger partial charge in [0, 0.05) is 12.7 Å². The number of hydrogen-bond donors (Lipinski definition) is 0. The lowest BCUT2D eigenvalue weighted by atomic mass is 10.1. The predicted molar refractivity (Wildman–Crippen MR) is 51.6 cm³/mol. The fraction of sp³-hybridized carbons (Fsp3) is 0.222. The number of benzene rings is 1. The Bertz CT molecular complexity index is 273. The van der Waals surface area contributed by atoms with Crippen LogP contribution in [0.1, 0.15) is 11.7 Å². The summed E-state index contributed by atoms with van der Waals surface area (Å²) in [6.45, 7) is 3.76. The van der Waals surface area contributed by atoms with Crippen molar-refractivity contribution in [1.29, 1.82) is 0 Å². The van der Waals surface area contributed by atoms with E-state index in [2.05, 4.69) is 6.92 Å². The van der Waals surface area contributed by atoms with Crippen LogP contribution in [0.4, 0.5) is 0 Å². The zero-order valence-electron chi connectivity index (χ0n) is 6.68. The maximum atomic E-state index is 5.91.